The SMILES string of the molecule is Cc1nc(-c2ccccn2)sc1C(=O)NCc1ccco1. The quantitative estimate of drug-likeness (QED) is 0.804. The smallest absolute Gasteiger partial charge is 0.263 e. The number of amides is 1. The van der Waals surface area contributed by atoms with E-state index in [2.05, 4.69) is 15.3 Å². The predicted octanol–water partition coefficient (Wildman–Crippen LogP) is 3.04. The third-order valence-electron chi connectivity index (χ3n) is 2.89. The van der Waals surface area contributed by atoms with Crippen LogP contribution in [-0.4, -0.2) is 15.9 Å². The normalized spacial score (nSPS) is 10.5. The Labute approximate surface area is 125 Å². The zero-order valence-electron chi connectivity index (χ0n) is 11.4. The number of pyridine rings is 1. The molecular formula is C15H13N3O2S. The molecule has 106 valence electrons. The standard InChI is InChI=1S/C15H13N3O2S/c1-10-13(14(19)17-9-11-5-4-8-20-11)21-15(18-10)12-6-2-3-7-16-12/h2-8H,9H2,1H3,(H,17,19). The summed E-state index contributed by atoms with van der Waals surface area (Å²) in [6.07, 6.45) is 3.29. The van der Waals surface area contributed by atoms with Gasteiger partial charge < -0.3 is 9.73 Å². The maximum Gasteiger partial charge on any atom is 0.263 e. The number of nitrogens with zero attached hydrogens (tertiary/aromatic N) is 2. The Morgan fingerprint density at radius 1 is 1.33 bits per heavy atom. The molecule has 0 aromatic carbocycles. The van der Waals surface area contributed by atoms with E-state index in [1.54, 1.807) is 18.5 Å². The third kappa shape index (κ3) is 3.00. The van der Waals surface area contributed by atoms with E-state index in [0.717, 1.165) is 16.5 Å². The molecule has 3 aromatic heterocycles. The predicted molar refractivity (Wildman–Crippen MR) is 80.0 cm³/mol. The van der Waals surface area contributed by atoms with Crippen LogP contribution in [0.25, 0.3) is 10.7 Å². The van der Waals surface area contributed by atoms with E-state index in [9.17, 15) is 4.79 Å². The lowest BCUT2D eigenvalue weighted by Gasteiger charge is -2.01. The Bertz CT molecular complexity index is 736. The zero-order valence-corrected chi connectivity index (χ0v) is 12.2. The molecule has 0 aliphatic carbocycles. The van der Waals surface area contributed by atoms with Crippen molar-refractivity contribution in [1.82, 2.24) is 15.3 Å². The molecule has 0 unspecified atom stereocenters. The Balaban J connectivity index is 1.76. The first kappa shape index (κ1) is 13.5. The summed E-state index contributed by atoms with van der Waals surface area (Å²) in [5.74, 6) is 0.569. The van der Waals surface area contributed by atoms with Gasteiger partial charge in [-0.3, -0.25) is 9.78 Å². The van der Waals surface area contributed by atoms with E-state index in [-0.39, 0.29) is 5.91 Å². The summed E-state index contributed by atoms with van der Waals surface area (Å²) in [4.78, 5) is 21.5. The van der Waals surface area contributed by atoms with Crippen molar-refractivity contribution in [3.05, 3.63) is 59.1 Å². The molecule has 0 saturated carbocycles. The number of furan rings is 1. The number of carbonyl (C=O) groups is 1. The van der Waals surface area contributed by atoms with Gasteiger partial charge in [0.2, 0.25) is 0 Å². The van der Waals surface area contributed by atoms with E-state index in [4.69, 9.17) is 4.42 Å². The molecule has 3 rings (SSSR count). The van der Waals surface area contributed by atoms with Gasteiger partial charge in [0.1, 0.15) is 15.6 Å². The Kier molecular flexibility index (Phi) is 3.79. The molecule has 1 N–H and O–H groups in total. The highest BCUT2D eigenvalue weighted by atomic mass is 32.1. The molecule has 0 atom stereocenters. The number of thiazole rings is 1. The molecule has 21 heavy (non-hydrogen) atoms. The second-order valence-corrected chi connectivity index (χ2v) is 5.41. The minimum Gasteiger partial charge on any atom is -0.467 e. The molecule has 0 spiro atoms. The maximum atomic E-state index is 12.2. The van der Waals surface area contributed by atoms with Crippen LogP contribution in [0.3, 0.4) is 0 Å². The highest BCUT2D eigenvalue weighted by molar-refractivity contribution is 7.17. The van der Waals surface area contributed by atoms with Crippen LogP contribution in [-0.2, 0) is 6.54 Å². The Morgan fingerprint density at radius 2 is 2.24 bits per heavy atom. The van der Waals surface area contributed by atoms with Gasteiger partial charge in [0, 0.05) is 6.20 Å². The van der Waals surface area contributed by atoms with Crippen LogP contribution in [0.5, 0.6) is 0 Å². The molecule has 5 nitrogen and oxygen atoms in total. The Hall–Kier alpha value is -2.47. The van der Waals surface area contributed by atoms with Crippen LogP contribution in [0.1, 0.15) is 21.1 Å². The first-order chi connectivity index (χ1) is 10.2. The van der Waals surface area contributed by atoms with Crippen molar-refractivity contribution in [2.45, 2.75) is 13.5 Å². The van der Waals surface area contributed by atoms with Crippen molar-refractivity contribution in [2.75, 3.05) is 0 Å². The van der Waals surface area contributed by atoms with Crippen molar-refractivity contribution in [3.8, 4) is 10.7 Å². The Morgan fingerprint density at radius 3 is 2.95 bits per heavy atom. The number of carbonyl (C=O) groups excluding carboxylic acids is 1. The van der Waals surface area contributed by atoms with Gasteiger partial charge in [-0.05, 0) is 31.2 Å². The average molecular weight is 299 g/mol. The first-order valence-corrected chi connectivity index (χ1v) is 7.25. The van der Waals surface area contributed by atoms with Crippen molar-refractivity contribution in [3.63, 3.8) is 0 Å². The van der Waals surface area contributed by atoms with Gasteiger partial charge in [-0.25, -0.2) is 4.98 Å². The van der Waals surface area contributed by atoms with Crippen molar-refractivity contribution in [2.24, 2.45) is 0 Å². The molecule has 0 saturated heterocycles. The second kappa shape index (κ2) is 5.88. The number of aromatic nitrogens is 2. The number of aryl methyl sites for hydroxylation is 1. The summed E-state index contributed by atoms with van der Waals surface area (Å²) in [7, 11) is 0. The highest BCUT2D eigenvalue weighted by Crippen LogP contribution is 2.26. The molecule has 0 radical (unpaired) electrons. The highest BCUT2D eigenvalue weighted by Gasteiger charge is 2.16. The first-order valence-electron chi connectivity index (χ1n) is 6.43. The lowest BCUT2D eigenvalue weighted by Crippen LogP contribution is -2.22. The van der Waals surface area contributed by atoms with Crippen molar-refractivity contribution < 1.29 is 9.21 Å². The van der Waals surface area contributed by atoms with Crippen LogP contribution in [0.2, 0.25) is 0 Å². The number of nitrogens with one attached hydrogen (secondary N) is 1. The molecule has 3 aromatic rings. The van der Waals surface area contributed by atoms with Crippen molar-refractivity contribution in [1.29, 1.82) is 0 Å². The van der Waals surface area contributed by atoms with E-state index in [1.807, 2.05) is 31.2 Å². The van der Waals surface area contributed by atoms with Gasteiger partial charge in [-0.2, -0.15) is 0 Å². The number of hydrogen-bond acceptors (Lipinski definition) is 5. The van der Waals surface area contributed by atoms with Crippen LogP contribution >= 0.6 is 11.3 Å². The van der Waals surface area contributed by atoms with E-state index < -0.39 is 0 Å². The van der Waals surface area contributed by atoms with Crippen LogP contribution in [0, 0.1) is 6.92 Å². The number of rotatable bonds is 4. The van der Waals surface area contributed by atoms with Gasteiger partial charge in [0.05, 0.1) is 24.2 Å². The summed E-state index contributed by atoms with van der Waals surface area (Å²) >= 11 is 1.34. The molecule has 3 heterocycles. The van der Waals surface area contributed by atoms with Gasteiger partial charge in [-0.1, -0.05) is 6.07 Å². The second-order valence-electron chi connectivity index (χ2n) is 4.41. The molecular weight excluding hydrogens is 286 g/mol. The summed E-state index contributed by atoms with van der Waals surface area (Å²) < 4.78 is 5.19. The largest absolute Gasteiger partial charge is 0.467 e. The molecule has 0 bridgehead atoms. The van der Waals surface area contributed by atoms with Gasteiger partial charge in [0.15, 0.2) is 0 Å². The fraction of sp³-hybridized carbons (Fsp3) is 0.133. The maximum absolute atomic E-state index is 12.2. The summed E-state index contributed by atoms with van der Waals surface area (Å²) in [6.45, 7) is 2.19. The van der Waals surface area contributed by atoms with E-state index >= 15 is 0 Å². The van der Waals surface area contributed by atoms with Crippen molar-refractivity contribution >= 4 is 17.2 Å². The lowest BCUT2D eigenvalue weighted by molar-refractivity contribution is 0.0951. The monoisotopic (exact) mass is 299 g/mol. The van der Waals surface area contributed by atoms with E-state index in [0.29, 0.717) is 17.1 Å². The average Bonchev–Trinajstić information content (AvgIpc) is 3.15. The van der Waals surface area contributed by atoms with E-state index in [1.165, 1.54) is 11.3 Å². The summed E-state index contributed by atoms with van der Waals surface area (Å²) in [6, 6.07) is 9.23. The zero-order chi connectivity index (χ0) is 14.7. The molecule has 1 amide bonds. The fourth-order valence-electron chi connectivity index (χ4n) is 1.87. The lowest BCUT2D eigenvalue weighted by atomic mass is 10.3. The van der Waals surface area contributed by atoms with Gasteiger partial charge in [-0.15, -0.1) is 11.3 Å². The van der Waals surface area contributed by atoms with Crippen LogP contribution in [0.15, 0.2) is 47.2 Å². The fourth-order valence-corrected chi connectivity index (χ4v) is 2.83. The topological polar surface area (TPSA) is 68.0 Å². The molecule has 0 aliphatic rings. The summed E-state index contributed by atoms with van der Waals surface area (Å²) in [5.41, 5.74) is 1.48. The third-order valence-corrected chi connectivity index (χ3v) is 4.07. The molecule has 6 heteroatoms. The summed E-state index contributed by atoms with van der Waals surface area (Å²) in [5, 5.41) is 3.57. The van der Waals surface area contributed by atoms with Crippen LogP contribution in [0.4, 0.5) is 0 Å². The van der Waals surface area contributed by atoms with Crippen LogP contribution < -0.4 is 5.32 Å². The minimum atomic E-state index is -0.149. The molecule has 0 fully saturated rings. The molecule has 0 aliphatic heterocycles. The van der Waals surface area contributed by atoms with Gasteiger partial charge in [0.25, 0.3) is 5.91 Å². The minimum absolute atomic E-state index is 0.149. The van der Waals surface area contributed by atoms with Gasteiger partial charge >= 0.3 is 0 Å². The number of hydrogen-bond donors (Lipinski definition) is 1.